The third-order valence-corrected chi connectivity index (χ3v) is 3.89. The van der Waals surface area contributed by atoms with Crippen LogP contribution in [0.2, 0.25) is 0 Å². The summed E-state index contributed by atoms with van der Waals surface area (Å²) in [5.74, 6) is 0.179. The van der Waals surface area contributed by atoms with Crippen LogP contribution >= 0.6 is 11.3 Å². The highest BCUT2D eigenvalue weighted by Crippen LogP contribution is 2.18. The van der Waals surface area contributed by atoms with Crippen LogP contribution in [0.4, 0.5) is 0 Å². The second kappa shape index (κ2) is 4.97. The molecule has 0 radical (unpaired) electrons. The maximum atomic E-state index is 11.6. The topological polar surface area (TPSA) is 40.5 Å². The maximum Gasteiger partial charge on any atom is 0.222 e. The van der Waals surface area contributed by atoms with E-state index in [4.69, 9.17) is 5.11 Å². The van der Waals surface area contributed by atoms with Crippen molar-refractivity contribution in [3.05, 3.63) is 21.9 Å². The van der Waals surface area contributed by atoms with Crippen LogP contribution in [0, 0.1) is 6.92 Å². The summed E-state index contributed by atoms with van der Waals surface area (Å²) in [6.45, 7) is 3.15. The molecule has 0 spiro atoms. The molecule has 1 aliphatic rings. The Bertz CT molecular complexity index is 369. The number of likely N-dealkylation sites (tertiary alicyclic amines) is 1. The van der Waals surface area contributed by atoms with Crippen LogP contribution in [-0.4, -0.2) is 35.1 Å². The lowest BCUT2D eigenvalue weighted by atomic mass is 10.1. The molecule has 0 atom stereocenters. The van der Waals surface area contributed by atoms with Gasteiger partial charge in [-0.25, -0.2) is 0 Å². The van der Waals surface area contributed by atoms with Gasteiger partial charge in [0.2, 0.25) is 5.91 Å². The van der Waals surface area contributed by atoms with Gasteiger partial charge in [-0.3, -0.25) is 4.79 Å². The first-order valence-electron chi connectivity index (χ1n) is 5.66. The molecule has 1 aromatic rings. The number of aryl methyl sites for hydroxylation is 2. The molecule has 2 rings (SSSR count). The summed E-state index contributed by atoms with van der Waals surface area (Å²) in [5.41, 5.74) is 0. The molecule has 0 bridgehead atoms. The predicted molar refractivity (Wildman–Crippen MR) is 64.6 cm³/mol. The number of β-amino-alcohol motifs (C(OH)–C–C–N with tert-alkyl or cyclic N) is 1. The van der Waals surface area contributed by atoms with Gasteiger partial charge in [0.25, 0.3) is 0 Å². The SMILES string of the molecule is Cc1ccc(CCCC(=O)N2CC(O)C2)s1. The van der Waals surface area contributed by atoms with Crippen LogP contribution in [0.3, 0.4) is 0 Å². The third kappa shape index (κ3) is 2.83. The van der Waals surface area contributed by atoms with Gasteiger partial charge < -0.3 is 10.0 Å². The lowest BCUT2D eigenvalue weighted by molar-refractivity contribution is -0.141. The van der Waals surface area contributed by atoms with Gasteiger partial charge in [-0.1, -0.05) is 0 Å². The van der Waals surface area contributed by atoms with E-state index in [-0.39, 0.29) is 12.0 Å². The number of thiophene rings is 1. The first-order valence-corrected chi connectivity index (χ1v) is 6.48. The smallest absolute Gasteiger partial charge is 0.222 e. The quantitative estimate of drug-likeness (QED) is 0.866. The van der Waals surface area contributed by atoms with E-state index in [0.29, 0.717) is 19.5 Å². The molecule has 16 heavy (non-hydrogen) atoms. The van der Waals surface area contributed by atoms with E-state index < -0.39 is 0 Å². The Hall–Kier alpha value is -0.870. The highest BCUT2D eigenvalue weighted by Gasteiger charge is 2.27. The zero-order valence-electron chi connectivity index (χ0n) is 9.48. The summed E-state index contributed by atoms with van der Waals surface area (Å²) in [7, 11) is 0. The Morgan fingerprint density at radius 2 is 2.31 bits per heavy atom. The number of aliphatic hydroxyl groups excluding tert-OH is 1. The molecular formula is C12H17NO2S. The van der Waals surface area contributed by atoms with Crippen molar-refractivity contribution >= 4 is 17.2 Å². The molecule has 1 amide bonds. The summed E-state index contributed by atoms with van der Waals surface area (Å²) in [6, 6.07) is 4.26. The molecule has 0 saturated carbocycles. The standard InChI is InChI=1S/C12H17NO2S/c1-9-5-6-11(16-9)3-2-4-12(15)13-7-10(14)8-13/h5-6,10,14H,2-4,7-8H2,1H3. The molecule has 0 aliphatic carbocycles. The Morgan fingerprint density at radius 1 is 1.56 bits per heavy atom. The second-order valence-corrected chi connectivity index (χ2v) is 5.69. The van der Waals surface area contributed by atoms with E-state index in [2.05, 4.69) is 19.1 Å². The summed E-state index contributed by atoms with van der Waals surface area (Å²) in [5, 5.41) is 9.08. The van der Waals surface area contributed by atoms with Crippen molar-refractivity contribution in [3.63, 3.8) is 0 Å². The molecular weight excluding hydrogens is 222 g/mol. The Labute approximate surface area is 99.7 Å². The van der Waals surface area contributed by atoms with Gasteiger partial charge >= 0.3 is 0 Å². The number of amides is 1. The molecule has 1 aromatic heterocycles. The molecule has 1 aliphatic heterocycles. The van der Waals surface area contributed by atoms with Crippen molar-refractivity contribution in [3.8, 4) is 0 Å². The van der Waals surface area contributed by atoms with Crippen LogP contribution < -0.4 is 0 Å². The molecule has 4 heteroatoms. The van der Waals surface area contributed by atoms with Gasteiger partial charge in [0.1, 0.15) is 0 Å². The molecule has 1 N–H and O–H groups in total. The number of rotatable bonds is 4. The van der Waals surface area contributed by atoms with Crippen molar-refractivity contribution in [2.45, 2.75) is 32.3 Å². The second-order valence-electron chi connectivity index (χ2n) is 4.32. The van der Waals surface area contributed by atoms with E-state index in [1.54, 1.807) is 16.2 Å². The Balaban J connectivity index is 1.66. The van der Waals surface area contributed by atoms with Gasteiger partial charge in [0.05, 0.1) is 6.10 Å². The minimum atomic E-state index is -0.288. The zero-order valence-corrected chi connectivity index (χ0v) is 10.3. The van der Waals surface area contributed by atoms with Gasteiger partial charge in [-0.2, -0.15) is 0 Å². The van der Waals surface area contributed by atoms with Crippen molar-refractivity contribution in [1.82, 2.24) is 4.90 Å². The van der Waals surface area contributed by atoms with Crippen LogP contribution in [-0.2, 0) is 11.2 Å². The first kappa shape index (κ1) is 11.6. The fraction of sp³-hybridized carbons (Fsp3) is 0.583. The largest absolute Gasteiger partial charge is 0.389 e. The minimum Gasteiger partial charge on any atom is -0.389 e. The number of hydrogen-bond acceptors (Lipinski definition) is 3. The van der Waals surface area contributed by atoms with E-state index >= 15 is 0 Å². The summed E-state index contributed by atoms with van der Waals surface area (Å²) in [4.78, 5) is 16.0. The van der Waals surface area contributed by atoms with Crippen LogP contribution in [0.1, 0.15) is 22.6 Å². The van der Waals surface area contributed by atoms with E-state index in [1.807, 2.05) is 0 Å². The van der Waals surface area contributed by atoms with E-state index in [0.717, 1.165) is 12.8 Å². The van der Waals surface area contributed by atoms with Gasteiger partial charge in [-0.15, -0.1) is 11.3 Å². The van der Waals surface area contributed by atoms with Gasteiger partial charge in [-0.05, 0) is 31.9 Å². The minimum absolute atomic E-state index is 0.179. The maximum absolute atomic E-state index is 11.6. The van der Waals surface area contributed by atoms with Crippen molar-refractivity contribution in [1.29, 1.82) is 0 Å². The summed E-state index contributed by atoms with van der Waals surface area (Å²) >= 11 is 1.80. The van der Waals surface area contributed by atoms with E-state index in [9.17, 15) is 4.79 Å². The molecule has 0 unspecified atom stereocenters. The number of nitrogens with zero attached hydrogens (tertiary/aromatic N) is 1. The third-order valence-electron chi connectivity index (χ3n) is 2.82. The number of carbonyl (C=O) groups is 1. The fourth-order valence-corrected chi connectivity index (χ4v) is 2.78. The van der Waals surface area contributed by atoms with Crippen molar-refractivity contribution in [2.75, 3.05) is 13.1 Å². The number of carbonyl (C=O) groups excluding carboxylic acids is 1. The first-order chi connectivity index (χ1) is 7.65. The average Bonchev–Trinajstić information content (AvgIpc) is 2.59. The normalized spacial score (nSPS) is 16.2. The fourth-order valence-electron chi connectivity index (χ4n) is 1.85. The van der Waals surface area contributed by atoms with Gasteiger partial charge in [0, 0.05) is 29.3 Å². The zero-order chi connectivity index (χ0) is 11.5. The number of aliphatic hydroxyl groups is 1. The Morgan fingerprint density at radius 3 is 2.88 bits per heavy atom. The predicted octanol–water partition coefficient (Wildman–Crippen LogP) is 1.58. The van der Waals surface area contributed by atoms with Crippen LogP contribution in [0.15, 0.2) is 12.1 Å². The van der Waals surface area contributed by atoms with Crippen molar-refractivity contribution < 1.29 is 9.90 Å². The summed E-state index contributed by atoms with van der Waals surface area (Å²) < 4.78 is 0. The lowest BCUT2D eigenvalue weighted by Gasteiger charge is -2.35. The van der Waals surface area contributed by atoms with E-state index in [1.165, 1.54) is 9.75 Å². The molecule has 0 aromatic carbocycles. The van der Waals surface area contributed by atoms with Crippen LogP contribution in [0.5, 0.6) is 0 Å². The highest BCUT2D eigenvalue weighted by molar-refractivity contribution is 7.11. The van der Waals surface area contributed by atoms with Gasteiger partial charge in [0.15, 0.2) is 0 Å². The monoisotopic (exact) mass is 239 g/mol. The average molecular weight is 239 g/mol. The molecule has 88 valence electrons. The molecule has 2 heterocycles. The molecule has 1 saturated heterocycles. The Kier molecular flexibility index (Phi) is 3.61. The molecule has 3 nitrogen and oxygen atoms in total. The lowest BCUT2D eigenvalue weighted by Crippen LogP contribution is -2.53. The van der Waals surface area contributed by atoms with Crippen molar-refractivity contribution in [2.24, 2.45) is 0 Å². The number of hydrogen-bond donors (Lipinski definition) is 1. The molecule has 1 fully saturated rings. The highest BCUT2D eigenvalue weighted by atomic mass is 32.1. The van der Waals surface area contributed by atoms with Crippen LogP contribution in [0.25, 0.3) is 0 Å². The summed E-state index contributed by atoms with van der Waals surface area (Å²) in [6.07, 6.45) is 2.21.